The molecule has 1 aromatic heterocycles. The average Bonchev–Trinajstić information content (AvgIpc) is 2.87. The highest BCUT2D eigenvalue weighted by molar-refractivity contribution is 9.10. The van der Waals surface area contributed by atoms with Crippen LogP contribution in [0.4, 0.5) is 0 Å². The van der Waals surface area contributed by atoms with Crippen LogP contribution in [0.2, 0.25) is 0 Å². The van der Waals surface area contributed by atoms with Crippen LogP contribution in [-0.2, 0) is 11.3 Å². The van der Waals surface area contributed by atoms with Gasteiger partial charge in [0.1, 0.15) is 5.75 Å². The Morgan fingerprint density at radius 2 is 2.08 bits per heavy atom. The van der Waals surface area contributed by atoms with E-state index in [9.17, 15) is 4.79 Å². The molecule has 0 saturated heterocycles. The Balaban J connectivity index is 1.55. The van der Waals surface area contributed by atoms with Gasteiger partial charge in [-0.1, -0.05) is 12.1 Å². The highest BCUT2D eigenvalue weighted by Crippen LogP contribution is 2.23. The van der Waals surface area contributed by atoms with Crippen LogP contribution in [-0.4, -0.2) is 28.8 Å². The predicted octanol–water partition coefficient (Wildman–Crippen LogP) is 3.63. The molecular formula is C18H24BrN3O2. The Hall–Kier alpha value is -1.82. The maximum atomic E-state index is 11.8. The number of nitrogens with one attached hydrogen (secondary N) is 1. The van der Waals surface area contributed by atoms with E-state index in [0.29, 0.717) is 26.0 Å². The minimum absolute atomic E-state index is 0.0686. The fourth-order valence-electron chi connectivity index (χ4n) is 2.42. The van der Waals surface area contributed by atoms with Crippen LogP contribution in [0.5, 0.6) is 5.75 Å². The number of hydrogen-bond donors (Lipinski definition) is 1. The molecule has 1 heterocycles. The van der Waals surface area contributed by atoms with E-state index in [1.807, 2.05) is 42.8 Å². The molecule has 6 heteroatoms. The van der Waals surface area contributed by atoms with E-state index in [0.717, 1.165) is 34.6 Å². The highest BCUT2D eigenvalue weighted by Gasteiger charge is 2.04. The standard InChI is InChI=1S/C18H24BrN3O2/c1-14-13-15(2)22(21-14)11-6-10-20-18(23)9-5-12-24-17-8-4-3-7-16(17)19/h3-4,7-8,13H,5-6,9-12H2,1-2H3,(H,20,23). The second kappa shape index (κ2) is 9.47. The normalized spacial score (nSPS) is 10.6. The molecule has 0 fully saturated rings. The van der Waals surface area contributed by atoms with Gasteiger partial charge in [-0.15, -0.1) is 0 Å². The van der Waals surface area contributed by atoms with Gasteiger partial charge in [0.15, 0.2) is 0 Å². The highest BCUT2D eigenvalue weighted by atomic mass is 79.9. The number of amides is 1. The van der Waals surface area contributed by atoms with E-state index in [1.165, 1.54) is 0 Å². The van der Waals surface area contributed by atoms with Crippen LogP contribution >= 0.6 is 15.9 Å². The molecule has 5 nitrogen and oxygen atoms in total. The van der Waals surface area contributed by atoms with Crippen molar-refractivity contribution in [3.05, 3.63) is 46.2 Å². The van der Waals surface area contributed by atoms with Crippen LogP contribution in [0.25, 0.3) is 0 Å². The fraction of sp³-hybridized carbons (Fsp3) is 0.444. The molecule has 0 aliphatic rings. The van der Waals surface area contributed by atoms with Gasteiger partial charge in [-0.25, -0.2) is 0 Å². The molecule has 24 heavy (non-hydrogen) atoms. The SMILES string of the molecule is Cc1cc(C)n(CCCNC(=O)CCCOc2ccccc2Br)n1. The third-order valence-corrected chi connectivity index (χ3v) is 4.27. The number of rotatable bonds is 9. The quantitative estimate of drug-likeness (QED) is 0.661. The molecule has 0 bridgehead atoms. The lowest BCUT2D eigenvalue weighted by Crippen LogP contribution is -2.25. The average molecular weight is 394 g/mol. The number of ether oxygens (including phenoxy) is 1. The summed E-state index contributed by atoms with van der Waals surface area (Å²) >= 11 is 3.43. The van der Waals surface area contributed by atoms with Crippen molar-refractivity contribution in [3.8, 4) is 5.75 Å². The van der Waals surface area contributed by atoms with E-state index in [-0.39, 0.29) is 5.91 Å². The van der Waals surface area contributed by atoms with Gasteiger partial charge in [0.2, 0.25) is 5.91 Å². The minimum Gasteiger partial charge on any atom is -0.492 e. The first-order chi connectivity index (χ1) is 11.6. The van der Waals surface area contributed by atoms with Crippen molar-refractivity contribution in [2.75, 3.05) is 13.2 Å². The number of halogens is 1. The van der Waals surface area contributed by atoms with Crippen LogP contribution in [0.15, 0.2) is 34.8 Å². The number of carbonyl (C=O) groups is 1. The van der Waals surface area contributed by atoms with Crippen molar-refractivity contribution in [2.45, 2.75) is 39.7 Å². The topological polar surface area (TPSA) is 56.2 Å². The first-order valence-corrected chi connectivity index (χ1v) is 9.00. The van der Waals surface area contributed by atoms with E-state index >= 15 is 0 Å². The van der Waals surface area contributed by atoms with Crippen LogP contribution < -0.4 is 10.1 Å². The van der Waals surface area contributed by atoms with Gasteiger partial charge in [0.25, 0.3) is 0 Å². The molecule has 0 aliphatic heterocycles. The monoisotopic (exact) mass is 393 g/mol. The third kappa shape index (κ3) is 6.00. The van der Waals surface area contributed by atoms with Gasteiger partial charge < -0.3 is 10.1 Å². The fourth-order valence-corrected chi connectivity index (χ4v) is 2.82. The minimum atomic E-state index is 0.0686. The summed E-state index contributed by atoms with van der Waals surface area (Å²) < 4.78 is 8.56. The Bertz CT molecular complexity index is 670. The molecule has 0 aliphatic carbocycles. The molecule has 2 rings (SSSR count). The number of aryl methyl sites for hydroxylation is 3. The second-order valence-electron chi connectivity index (χ2n) is 5.74. The zero-order chi connectivity index (χ0) is 17.4. The molecule has 2 aromatic rings. The zero-order valence-corrected chi connectivity index (χ0v) is 15.8. The molecule has 1 aromatic carbocycles. The first kappa shape index (κ1) is 18.5. The Morgan fingerprint density at radius 1 is 1.29 bits per heavy atom. The van der Waals surface area contributed by atoms with Crippen molar-refractivity contribution < 1.29 is 9.53 Å². The van der Waals surface area contributed by atoms with E-state index in [2.05, 4.69) is 32.4 Å². The summed E-state index contributed by atoms with van der Waals surface area (Å²) in [5.74, 6) is 0.877. The summed E-state index contributed by atoms with van der Waals surface area (Å²) in [6, 6.07) is 9.77. The van der Waals surface area contributed by atoms with Gasteiger partial charge in [-0.3, -0.25) is 9.48 Å². The molecular weight excluding hydrogens is 370 g/mol. The predicted molar refractivity (Wildman–Crippen MR) is 98.2 cm³/mol. The molecule has 0 unspecified atom stereocenters. The Labute approximate surface area is 151 Å². The summed E-state index contributed by atoms with van der Waals surface area (Å²) in [7, 11) is 0. The molecule has 130 valence electrons. The lowest BCUT2D eigenvalue weighted by molar-refractivity contribution is -0.121. The molecule has 0 radical (unpaired) electrons. The van der Waals surface area contributed by atoms with Gasteiger partial charge in [-0.05, 0) is 60.8 Å². The molecule has 1 amide bonds. The lowest BCUT2D eigenvalue weighted by atomic mass is 10.3. The Kier molecular flexibility index (Phi) is 7.31. The van der Waals surface area contributed by atoms with Crippen LogP contribution in [0.1, 0.15) is 30.7 Å². The van der Waals surface area contributed by atoms with Crippen molar-refractivity contribution >= 4 is 21.8 Å². The van der Waals surface area contributed by atoms with E-state index in [4.69, 9.17) is 4.74 Å². The van der Waals surface area contributed by atoms with Crippen molar-refractivity contribution in [2.24, 2.45) is 0 Å². The molecule has 0 atom stereocenters. The zero-order valence-electron chi connectivity index (χ0n) is 14.2. The Morgan fingerprint density at radius 3 is 2.79 bits per heavy atom. The van der Waals surface area contributed by atoms with Crippen molar-refractivity contribution in [1.82, 2.24) is 15.1 Å². The number of benzene rings is 1. The van der Waals surface area contributed by atoms with E-state index in [1.54, 1.807) is 0 Å². The van der Waals surface area contributed by atoms with E-state index < -0.39 is 0 Å². The number of aromatic nitrogens is 2. The lowest BCUT2D eigenvalue weighted by Gasteiger charge is -2.09. The number of para-hydroxylation sites is 1. The van der Waals surface area contributed by atoms with Crippen molar-refractivity contribution in [3.63, 3.8) is 0 Å². The van der Waals surface area contributed by atoms with Gasteiger partial charge in [0.05, 0.1) is 16.8 Å². The summed E-state index contributed by atoms with van der Waals surface area (Å²) in [6.45, 7) is 6.06. The largest absolute Gasteiger partial charge is 0.492 e. The summed E-state index contributed by atoms with van der Waals surface area (Å²) in [5.41, 5.74) is 2.18. The number of carbonyl (C=O) groups excluding carboxylic acids is 1. The van der Waals surface area contributed by atoms with Gasteiger partial charge in [0, 0.05) is 25.2 Å². The van der Waals surface area contributed by atoms with Gasteiger partial charge in [-0.2, -0.15) is 5.10 Å². The molecule has 0 saturated carbocycles. The molecule has 0 spiro atoms. The first-order valence-electron chi connectivity index (χ1n) is 8.21. The maximum Gasteiger partial charge on any atom is 0.220 e. The smallest absolute Gasteiger partial charge is 0.220 e. The van der Waals surface area contributed by atoms with Crippen LogP contribution in [0, 0.1) is 13.8 Å². The summed E-state index contributed by atoms with van der Waals surface area (Å²) in [5, 5.41) is 7.35. The number of nitrogens with zero attached hydrogens (tertiary/aromatic N) is 2. The summed E-state index contributed by atoms with van der Waals surface area (Å²) in [4.78, 5) is 11.8. The molecule has 1 N–H and O–H groups in total. The maximum absolute atomic E-state index is 11.8. The number of hydrogen-bond acceptors (Lipinski definition) is 3. The summed E-state index contributed by atoms with van der Waals surface area (Å²) in [6.07, 6.45) is 2.05. The van der Waals surface area contributed by atoms with Gasteiger partial charge >= 0.3 is 0 Å². The van der Waals surface area contributed by atoms with Crippen LogP contribution in [0.3, 0.4) is 0 Å². The second-order valence-corrected chi connectivity index (χ2v) is 6.59. The third-order valence-electron chi connectivity index (χ3n) is 3.61. The van der Waals surface area contributed by atoms with Crippen molar-refractivity contribution in [1.29, 1.82) is 0 Å².